The SMILES string of the molecule is O=C(/C=C\c1ccco1)c1ccccn1. The topological polar surface area (TPSA) is 43.1 Å². The van der Waals surface area contributed by atoms with E-state index in [1.165, 1.54) is 6.08 Å². The van der Waals surface area contributed by atoms with Crippen LogP contribution >= 0.6 is 0 Å². The van der Waals surface area contributed by atoms with Crippen molar-refractivity contribution in [3.8, 4) is 0 Å². The van der Waals surface area contributed by atoms with E-state index in [4.69, 9.17) is 4.42 Å². The van der Waals surface area contributed by atoms with Crippen molar-refractivity contribution in [3.05, 3.63) is 60.3 Å². The van der Waals surface area contributed by atoms with Gasteiger partial charge in [-0.3, -0.25) is 9.78 Å². The molecule has 3 heteroatoms. The number of pyridine rings is 1. The Bertz CT molecular complexity index is 458. The van der Waals surface area contributed by atoms with Crippen molar-refractivity contribution in [2.24, 2.45) is 0 Å². The van der Waals surface area contributed by atoms with Gasteiger partial charge in [0.05, 0.1) is 6.26 Å². The molecule has 74 valence electrons. The third-order valence-corrected chi connectivity index (χ3v) is 1.86. The highest BCUT2D eigenvalue weighted by molar-refractivity contribution is 6.05. The van der Waals surface area contributed by atoms with Gasteiger partial charge in [-0.05, 0) is 36.4 Å². The minimum Gasteiger partial charge on any atom is -0.465 e. The van der Waals surface area contributed by atoms with Crippen LogP contribution in [0.15, 0.2) is 53.3 Å². The number of rotatable bonds is 3. The number of carbonyl (C=O) groups is 1. The predicted molar refractivity (Wildman–Crippen MR) is 56.3 cm³/mol. The molecule has 2 aromatic rings. The van der Waals surface area contributed by atoms with Crippen molar-refractivity contribution in [1.29, 1.82) is 0 Å². The summed E-state index contributed by atoms with van der Waals surface area (Å²) in [6.45, 7) is 0. The lowest BCUT2D eigenvalue weighted by molar-refractivity contribution is 0.104. The fourth-order valence-corrected chi connectivity index (χ4v) is 1.14. The molecule has 0 aliphatic heterocycles. The molecule has 0 N–H and O–H groups in total. The minimum absolute atomic E-state index is 0.132. The molecule has 0 aliphatic carbocycles. The third kappa shape index (κ3) is 2.40. The number of nitrogens with zero attached hydrogens (tertiary/aromatic N) is 1. The van der Waals surface area contributed by atoms with Crippen LogP contribution in [0.25, 0.3) is 6.08 Å². The Morgan fingerprint density at radius 1 is 1.27 bits per heavy atom. The van der Waals surface area contributed by atoms with Crippen LogP contribution in [0.4, 0.5) is 0 Å². The molecule has 0 spiro atoms. The Balaban J connectivity index is 2.11. The molecular weight excluding hydrogens is 190 g/mol. The lowest BCUT2D eigenvalue weighted by Crippen LogP contribution is -1.96. The van der Waals surface area contributed by atoms with Crippen LogP contribution in [-0.4, -0.2) is 10.8 Å². The normalized spacial score (nSPS) is 10.7. The maximum Gasteiger partial charge on any atom is 0.204 e. The molecule has 0 saturated heterocycles. The average molecular weight is 199 g/mol. The molecule has 2 aromatic heterocycles. The standard InChI is InChI=1S/C12H9NO2/c14-12(11-5-1-2-8-13-11)7-6-10-4-3-9-15-10/h1-9H/b7-6-. The van der Waals surface area contributed by atoms with Gasteiger partial charge in [0, 0.05) is 6.20 Å². The van der Waals surface area contributed by atoms with Crippen molar-refractivity contribution in [2.75, 3.05) is 0 Å². The monoisotopic (exact) mass is 199 g/mol. The van der Waals surface area contributed by atoms with Gasteiger partial charge in [0.1, 0.15) is 11.5 Å². The fraction of sp³-hybridized carbons (Fsp3) is 0. The first-order chi connectivity index (χ1) is 7.36. The van der Waals surface area contributed by atoms with Gasteiger partial charge in [0.15, 0.2) is 0 Å². The van der Waals surface area contributed by atoms with E-state index in [1.807, 2.05) is 0 Å². The third-order valence-electron chi connectivity index (χ3n) is 1.86. The van der Waals surface area contributed by atoms with Crippen LogP contribution in [0.5, 0.6) is 0 Å². The maximum atomic E-state index is 11.5. The zero-order valence-corrected chi connectivity index (χ0v) is 7.96. The van der Waals surface area contributed by atoms with Crippen LogP contribution < -0.4 is 0 Å². The molecule has 0 amide bonds. The first-order valence-electron chi connectivity index (χ1n) is 4.53. The number of hydrogen-bond donors (Lipinski definition) is 0. The summed E-state index contributed by atoms with van der Waals surface area (Å²) in [5.41, 5.74) is 0.431. The zero-order chi connectivity index (χ0) is 10.5. The van der Waals surface area contributed by atoms with E-state index < -0.39 is 0 Å². The summed E-state index contributed by atoms with van der Waals surface area (Å²) in [5.74, 6) is 0.520. The van der Waals surface area contributed by atoms with Gasteiger partial charge >= 0.3 is 0 Å². The number of aromatic nitrogens is 1. The molecular formula is C12H9NO2. The second kappa shape index (κ2) is 4.37. The summed E-state index contributed by atoms with van der Waals surface area (Å²) < 4.78 is 5.06. The second-order valence-corrected chi connectivity index (χ2v) is 2.93. The number of hydrogen-bond acceptors (Lipinski definition) is 3. The Labute approximate surface area is 87.1 Å². The molecule has 2 rings (SSSR count). The Morgan fingerprint density at radius 3 is 2.87 bits per heavy atom. The van der Waals surface area contributed by atoms with Gasteiger partial charge in [-0.2, -0.15) is 0 Å². The van der Waals surface area contributed by atoms with Crippen molar-refractivity contribution < 1.29 is 9.21 Å². The van der Waals surface area contributed by atoms with E-state index in [9.17, 15) is 4.79 Å². The van der Waals surface area contributed by atoms with Crippen molar-refractivity contribution in [1.82, 2.24) is 4.98 Å². The first-order valence-corrected chi connectivity index (χ1v) is 4.53. The Hall–Kier alpha value is -2.16. The molecule has 15 heavy (non-hydrogen) atoms. The van der Waals surface area contributed by atoms with E-state index in [2.05, 4.69) is 4.98 Å². The highest BCUT2D eigenvalue weighted by atomic mass is 16.3. The molecule has 0 aromatic carbocycles. The molecule has 0 aliphatic rings. The maximum absolute atomic E-state index is 11.5. The fourth-order valence-electron chi connectivity index (χ4n) is 1.14. The van der Waals surface area contributed by atoms with E-state index in [-0.39, 0.29) is 5.78 Å². The number of allylic oxidation sites excluding steroid dienone is 1. The van der Waals surface area contributed by atoms with Crippen molar-refractivity contribution in [2.45, 2.75) is 0 Å². The largest absolute Gasteiger partial charge is 0.465 e. The highest BCUT2D eigenvalue weighted by Gasteiger charge is 2.01. The van der Waals surface area contributed by atoms with Gasteiger partial charge in [-0.15, -0.1) is 0 Å². The Kier molecular flexibility index (Phi) is 2.74. The van der Waals surface area contributed by atoms with Crippen LogP contribution in [0.2, 0.25) is 0 Å². The van der Waals surface area contributed by atoms with Gasteiger partial charge < -0.3 is 4.42 Å². The summed E-state index contributed by atoms with van der Waals surface area (Å²) >= 11 is 0. The predicted octanol–water partition coefficient (Wildman–Crippen LogP) is 2.57. The molecule has 3 nitrogen and oxygen atoms in total. The minimum atomic E-state index is -0.132. The summed E-state index contributed by atoms with van der Waals surface area (Å²) in [4.78, 5) is 15.5. The highest BCUT2D eigenvalue weighted by Crippen LogP contribution is 2.04. The van der Waals surface area contributed by atoms with Crippen LogP contribution in [0, 0.1) is 0 Å². The van der Waals surface area contributed by atoms with E-state index in [0.29, 0.717) is 11.5 Å². The quantitative estimate of drug-likeness (QED) is 0.563. The van der Waals surface area contributed by atoms with E-state index in [0.717, 1.165) is 0 Å². The van der Waals surface area contributed by atoms with Crippen LogP contribution in [-0.2, 0) is 0 Å². The van der Waals surface area contributed by atoms with Crippen molar-refractivity contribution in [3.63, 3.8) is 0 Å². The molecule has 2 heterocycles. The summed E-state index contributed by atoms with van der Waals surface area (Å²) in [6.07, 6.45) is 6.22. The molecule has 0 unspecified atom stereocenters. The molecule has 0 bridgehead atoms. The van der Waals surface area contributed by atoms with Gasteiger partial charge in [0.2, 0.25) is 5.78 Å². The zero-order valence-electron chi connectivity index (χ0n) is 7.96. The van der Waals surface area contributed by atoms with Crippen molar-refractivity contribution >= 4 is 11.9 Å². The molecule has 0 fully saturated rings. The second-order valence-electron chi connectivity index (χ2n) is 2.93. The number of ketones is 1. The average Bonchev–Trinajstić information content (AvgIpc) is 2.80. The Morgan fingerprint density at radius 2 is 2.20 bits per heavy atom. The van der Waals surface area contributed by atoms with E-state index >= 15 is 0 Å². The lowest BCUT2D eigenvalue weighted by atomic mass is 10.2. The molecule has 0 atom stereocenters. The summed E-state index contributed by atoms with van der Waals surface area (Å²) in [7, 11) is 0. The number of furan rings is 1. The van der Waals surface area contributed by atoms with Crippen LogP contribution in [0.1, 0.15) is 16.2 Å². The van der Waals surface area contributed by atoms with Gasteiger partial charge in [0.25, 0.3) is 0 Å². The van der Waals surface area contributed by atoms with Crippen LogP contribution in [0.3, 0.4) is 0 Å². The van der Waals surface area contributed by atoms with Gasteiger partial charge in [-0.1, -0.05) is 6.07 Å². The summed E-state index contributed by atoms with van der Waals surface area (Å²) in [6, 6.07) is 8.77. The van der Waals surface area contributed by atoms with E-state index in [1.54, 1.807) is 48.9 Å². The summed E-state index contributed by atoms with van der Waals surface area (Å²) in [5, 5.41) is 0. The van der Waals surface area contributed by atoms with Gasteiger partial charge in [-0.25, -0.2) is 0 Å². The lowest BCUT2D eigenvalue weighted by Gasteiger charge is -1.91. The molecule has 0 saturated carbocycles. The smallest absolute Gasteiger partial charge is 0.204 e. The molecule has 0 radical (unpaired) electrons. The first kappa shape index (κ1) is 9.40. The number of carbonyl (C=O) groups excluding carboxylic acids is 1.